The van der Waals surface area contributed by atoms with Gasteiger partial charge in [0.2, 0.25) is 0 Å². The first-order valence-corrected chi connectivity index (χ1v) is 12.0. The molecular formula is C26H31N5O2. The Morgan fingerprint density at radius 2 is 1.64 bits per heavy atom. The molecule has 2 fully saturated rings. The smallest absolute Gasteiger partial charge is 0.409 e. The van der Waals surface area contributed by atoms with Gasteiger partial charge in [-0.2, -0.15) is 0 Å². The monoisotopic (exact) mass is 445 g/mol. The van der Waals surface area contributed by atoms with E-state index < -0.39 is 0 Å². The van der Waals surface area contributed by atoms with Gasteiger partial charge in [0.25, 0.3) is 0 Å². The molecule has 0 spiro atoms. The van der Waals surface area contributed by atoms with Crippen molar-refractivity contribution in [3.05, 3.63) is 48.5 Å². The number of anilines is 2. The molecule has 0 saturated carbocycles. The highest BCUT2D eigenvalue weighted by molar-refractivity contribution is 5.88. The van der Waals surface area contributed by atoms with Crippen LogP contribution in [0.25, 0.3) is 22.2 Å². The van der Waals surface area contributed by atoms with Crippen LogP contribution in [-0.2, 0) is 4.74 Å². The number of hydrogen-bond donors (Lipinski definition) is 0. The first-order chi connectivity index (χ1) is 16.2. The van der Waals surface area contributed by atoms with Gasteiger partial charge in [0.05, 0.1) is 6.61 Å². The van der Waals surface area contributed by atoms with Gasteiger partial charge >= 0.3 is 6.09 Å². The van der Waals surface area contributed by atoms with E-state index in [1.807, 2.05) is 13.0 Å². The van der Waals surface area contributed by atoms with Crippen LogP contribution in [-0.4, -0.2) is 66.8 Å². The number of fused-ring (bicyclic) bond motifs is 1. The van der Waals surface area contributed by atoms with E-state index in [4.69, 9.17) is 14.7 Å². The second-order valence-corrected chi connectivity index (χ2v) is 8.66. The zero-order valence-electron chi connectivity index (χ0n) is 19.2. The lowest BCUT2D eigenvalue weighted by molar-refractivity contribution is 0.105. The molecule has 5 rings (SSSR count). The molecule has 2 aliphatic rings. The van der Waals surface area contributed by atoms with Gasteiger partial charge in [0, 0.05) is 50.2 Å². The molecular weight excluding hydrogens is 414 g/mol. The largest absolute Gasteiger partial charge is 0.450 e. The molecule has 4 heterocycles. The fourth-order valence-corrected chi connectivity index (χ4v) is 4.72. The number of benzene rings is 1. The minimum Gasteiger partial charge on any atom is -0.450 e. The molecule has 7 nitrogen and oxygen atoms in total. The van der Waals surface area contributed by atoms with Gasteiger partial charge in [-0.3, -0.25) is 0 Å². The van der Waals surface area contributed by atoms with Crippen LogP contribution in [0, 0.1) is 0 Å². The van der Waals surface area contributed by atoms with E-state index in [2.05, 4.69) is 52.3 Å². The van der Waals surface area contributed by atoms with Gasteiger partial charge in [-0.25, -0.2) is 14.8 Å². The van der Waals surface area contributed by atoms with Gasteiger partial charge in [0.15, 0.2) is 5.65 Å². The van der Waals surface area contributed by atoms with Crippen LogP contribution in [0.5, 0.6) is 0 Å². The average Bonchev–Trinajstić information content (AvgIpc) is 2.89. The lowest BCUT2D eigenvalue weighted by atomic mass is 10.0. The fourth-order valence-electron chi connectivity index (χ4n) is 4.72. The Balaban J connectivity index is 1.49. The van der Waals surface area contributed by atoms with Crippen LogP contribution < -0.4 is 9.80 Å². The van der Waals surface area contributed by atoms with E-state index >= 15 is 0 Å². The molecule has 0 aliphatic carbocycles. The molecule has 0 unspecified atom stereocenters. The topological polar surface area (TPSA) is 61.8 Å². The van der Waals surface area contributed by atoms with Crippen LogP contribution >= 0.6 is 0 Å². The molecule has 0 radical (unpaired) electrons. The highest BCUT2D eigenvalue weighted by atomic mass is 16.6. The highest BCUT2D eigenvalue weighted by Crippen LogP contribution is 2.33. The summed E-state index contributed by atoms with van der Waals surface area (Å²) in [5.74, 6) is 1.95. The van der Waals surface area contributed by atoms with E-state index in [1.54, 1.807) is 4.90 Å². The normalized spacial score (nSPS) is 16.8. The Labute approximate surface area is 195 Å². The SMILES string of the molecule is CCOC(=O)N1CCN(c2nc3nc(N4CCCCC4)ccc3cc2-c2ccccc2)CC1. The van der Waals surface area contributed by atoms with Gasteiger partial charge in [-0.1, -0.05) is 30.3 Å². The van der Waals surface area contributed by atoms with Crippen molar-refractivity contribution in [3.63, 3.8) is 0 Å². The molecule has 3 aromatic rings. The minimum atomic E-state index is -0.236. The molecule has 7 heteroatoms. The first-order valence-electron chi connectivity index (χ1n) is 12.0. The third-order valence-corrected chi connectivity index (χ3v) is 6.51. The molecule has 0 N–H and O–H groups in total. The number of piperazine rings is 1. The molecule has 33 heavy (non-hydrogen) atoms. The van der Waals surface area contributed by atoms with Crippen LogP contribution in [0.2, 0.25) is 0 Å². The van der Waals surface area contributed by atoms with Crippen molar-refractivity contribution in [3.8, 4) is 11.1 Å². The summed E-state index contributed by atoms with van der Waals surface area (Å²) in [7, 11) is 0. The third-order valence-electron chi connectivity index (χ3n) is 6.51. The third kappa shape index (κ3) is 4.58. The first kappa shape index (κ1) is 21.5. The van der Waals surface area contributed by atoms with Crippen LogP contribution in [0.4, 0.5) is 16.4 Å². The number of nitrogens with zero attached hydrogens (tertiary/aromatic N) is 5. The van der Waals surface area contributed by atoms with Crippen molar-refractivity contribution in [1.29, 1.82) is 0 Å². The van der Waals surface area contributed by atoms with Crippen molar-refractivity contribution in [2.45, 2.75) is 26.2 Å². The van der Waals surface area contributed by atoms with Crippen molar-refractivity contribution >= 4 is 28.8 Å². The van der Waals surface area contributed by atoms with Crippen molar-refractivity contribution in [1.82, 2.24) is 14.9 Å². The standard InChI is InChI=1S/C26H31N5O2/c1-2-33-26(32)31-17-15-30(16-18-31)25-22(20-9-5-3-6-10-20)19-21-11-12-23(27-24(21)28-25)29-13-7-4-8-14-29/h3,5-6,9-12,19H,2,4,7-8,13-18H2,1H3. The Hall–Kier alpha value is -3.35. The van der Waals surface area contributed by atoms with Gasteiger partial charge in [0.1, 0.15) is 11.6 Å². The zero-order valence-corrected chi connectivity index (χ0v) is 19.2. The fraction of sp³-hybridized carbons (Fsp3) is 0.423. The molecule has 2 saturated heterocycles. The van der Waals surface area contributed by atoms with E-state index in [9.17, 15) is 4.79 Å². The summed E-state index contributed by atoms with van der Waals surface area (Å²) < 4.78 is 5.18. The number of carbonyl (C=O) groups excluding carboxylic acids is 1. The molecule has 0 atom stereocenters. The van der Waals surface area contributed by atoms with E-state index in [-0.39, 0.29) is 6.09 Å². The molecule has 1 amide bonds. The number of hydrogen-bond acceptors (Lipinski definition) is 6. The van der Waals surface area contributed by atoms with Crippen molar-refractivity contribution in [2.75, 3.05) is 55.7 Å². The number of amides is 1. The molecule has 2 aliphatic heterocycles. The zero-order chi connectivity index (χ0) is 22.6. The summed E-state index contributed by atoms with van der Waals surface area (Å²) in [6.07, 6.45) is 3.50. The maximum atomic E-state index is 12.1. The summed E-state index contributed by atoms with van der Waals surface area (Å²) in [5, 5.41) is 1.04. The number of ether oxygens (including phenoxy) is 1. The Morgan fingerprint density at radius 3 is 2.36 bits per heavy atom. The lowest BCUT2D eigenvalue weighted by Gasteiger charge is -2.35. The van der Waals surface area contributed by atoms with Gasteiger partial charge < -0.3 is 19.4 Å². The summed E-state index contributed by atoms with van der Waals surface area (Å²) in [6, 6.07) is 16.9. The second-order valence-electron chi connectivity index (χ2n) is 8.66. The Morgan fingerprint density at radius 1 is 0.879 bits per heavy atom. The highest BCUT2D eigenvalue weighted by Gasteiger charge is 2.25. The Kier molecular flexibility index (Phi) is 6.28. The maximum absolute atomic E-state index is 12.1. The Bertz CT molecular complexity index is 1110. The molecule has 2 aromatic heterocycles. The number of carbonyl (C=O) groups is 1. The van der Waals surface area contributed by atoms with Crippen molar-refractivity contribution in [2.24, 2.45) is 0 Å². The number of piperidine rings is 1. The van der Waals surface area contributed by atoms with Gasteiger partial charge in [-0.05, 0) is 49.9 Å². The van der Waals surface area contributed by atoms with Crippen molar-refractivity contribution < 1.29 is 9.53 Å². The quantitative estimate of drug-likeness (QED) is 0.586. The van der Waals surface area contributed by atoms with E-state index in [0.29, 0.717) is 32.8 Å². The summed E-state index contributed by atoms with van der Waals surface area (Å²) >= 11 is 0. The maximum Gasteiger partial charge on any atom is 0.409 e. The lowest BCUT2D eigenvalue weighted by Crippen LogP contribution is -2.49. The molecule has 172 valence electrons. The number of rotatable bonds is 4. The van der Waals surface area contributed by atoms with E-state index in [1.165, 1.54) is 19.3 Å². The predicted octanol–water partition coefficient (Wildman–Crippen LogP) is 4.57. The minimum absolute atomic E-state index is 0.236. The summed E-state index contributed by atoms with van der Waals surface area (Å²) in [5.41, 5.74) is 3.01. The average molecular weight is 446 g/mol. The predicted molar refractivity (Wildman–Crippen MR) is 132 cm³/mol. The summed E-state index contributed by atoms with van der Waals surface area (Å²) in [6.45, 7) is 7.01. The van der Waals surface area contributed by atoms with E-state index in [0.717, 1.165) is 46.9 Å². The summed E-state index contributed by atoms with van der Waals surface area (Å²) in [4.78, 5) is 28.6. The number of pyridine rings is 2. The van der Waals surface area contributed by atoms with Crippen LogP contribution in [0.3, 0.4) is 0 Å². The molecule has 1 aromatic carbocycles. The molecule has 0 bridgehead atoms. The number of aromatic nitrogens is 2. The van der Waals surface area contributed by atoms with Crippen LogP contribution in [0.15, 0.2) is 48.5 Å². The second kappa shape index (κ2) is 9.65. The van der Waals surface area contributed by atoms with Crippen LogP contribution in [0.1, 0.15) is 26.2 Å². The van der Waals surface area contributed by atoms with Gasteiger partial charge in [-0.15, -0.1) is 0 Å².